The average Bonchev–Trinajstić information content (AvgIpc) is 2.54. The first-order chi connectivity index (χ1) is 7.63. The molecule has 0 saturated carbocycles. The third-order valence-electron chi connectivity index (χ3n) is 2.66. The van der Waals surface area contributed by atoms with E-state index in [1.165, 1.54) is 0 Å². The number of hydrogen-bond donors (Lipinski definition) is 0. The second-order valence-corrected chi connectivity index (χ2v) is 3.71. The molecule has 0 aliphatic heterocycles. The number of nitrogens with zero attached hydrogens (tertiary/aromatic N) is 4. The summed E-state index contributed by atoms with van der Waals surface area (Å²) in [6, 6.07) is 5.69. The Labute approximate surface area is 94.2 Å². The summed E-state index contributed by atoms with van der Waals surface area (Å²) in [5, 5.41) is 13.0. The van der Waals surface area contributed by atoms with Crippen LogP contribution in [0.25, 0.3) is 11.3 Å². The first-order valence-electron chi connectivity index (χ1n) is 5.00. The van der Waals surface area contributed by atoms with Crippen LogP contribution in [0.4, 0.5) is 0 Å². The first-order valence-corrected chi connectivity index (χ1v) is 5.00. The van der Waals surface area contributed by atoms with Gasteiger partial charge in [-0.25, -0.2) is 0 Å². The minimum absolute atomic E-state index is 0.572. The highest BCUT2D eigenvalue weighted by Crippen LogP contribution is 2.24. The summed E-state index contributed by atoms with van der Waals surface area (Å²) in [6.45, 7) is 3.97. The molecule has 0 aromatic carbocycles. The highest BCUT2D eigenvalue weighted by Gasteiger charge is 2.12. The van der Waals surface area contributed by atoms with E-state index in [1.54, 1.807) is 12.3 Å². The zero-order valence-corrected chi connectivity index (χ0v) is 9.52. The van der Waals surface area contributed by atoms with Gasteiger partial charge in [0.15, 0.2) is 0 Å². The minimum atomic E-state index is 0.572. The molecule has 0 radical (unpaired) electrons. The Hall–Kier alpha value is -2.15. The Morgan fingerprint density at radius 1 is 1.31 bits per heavy atom. The Bertz CT molecular complexity index is 558. The van der Waals surface area contributed by atoms with Gasteiger partial charge in [-0.15, -0.1) is 0 Å². The van der Waals surface area contributed by atoms with E-state index in [1.807, 2.05) is 31.6 Å². The fourth-order valence-electron chi connectivity index (χ4n) is 1.75. The van der Waals surface area contributed by atoms with E-state index in [4.69, 9.17) is 5.26 Å². The maximum Gasteiger partial charge on any atom is 0.101 e. The van der Waals surface area contributed by atoms with Crippen molar-refractivity contribution in [3.8, 4) is 17.3 Å². The summed E-state index contributed by atoms with van der Waals surface area (Å²) < 4.78 is 1.84. The van der Waals surface area contributed by atoms with E-state index in [2.05, 4.69) is 16.2 Å². The Morgan fingerprint density at radius 2 is 2.06 bits per heavy atom. The van der Waals surface area contributed by atoms with Gasteiger partial charge in [0.05, 0.1) is 17.0 Å². The van der Waals surface area contributed by atoms with Crippen molar-refractivity contribution in [3.63, 3.8) is 0 Å². The van der Waals surface area contributed by atoms with Crippen LogP contribution in [-0.4, -0.2) is 14.8 Å². The smallest absolute Gasteiger partial charge is 0.101 e. The van der Waals surface area contributed by atoms with Crippen LogP contribution in [0, 0.1) is 25.2 Å². The van der Waals surface area contributed by atoms with Crippen LogP contribution in [0.5, 0.6) is 0 Å². The van der Waals surface area contributed by atoms with Gasteiger partial charge in [-0.05, 0) is 26.0 Å². The number of rotatable bonds is 1. The predicted octanol–water partition coefficient (Wildman–Crippen LogP) is 1.97. The summed E-state index contributed by atoms with van der Waals surface area (Å²) in [5.41, 5.74) is 4.52. The third-order valence-corrected chi connectivity index (χ3v) is 2.66. The van der Waals surface area contributed by atoms with Crippen molar-refractivity contribution >= 4 is 0 Å². The molecular weight excluding hydrogens is 200 g/mol. The van der Waals surface area contributed by atoms with Crippen molar-refractivity contribution in [2.24, 2.45) is 7.05 Å². The zero-order valence-electron chi connectivity index (χ0n) is 9.52. The molecule has 0 spiro atoms. The molecule has 2 aromatic heterocycles. The Kier molecular flexibility index (Phi) is 2.45. The standard InChI is InChI=1S/C12H12N4/c1-8-12(9(2)16(3)15-8)11-5-4-10(6-13)7-14-11/h4-5,7H,1-3H3. The van der Waals surface area contributed by atoms with Gasteiger partial charge in [-0.2, -0.15) is 10.4 Å². The predicted molar refractivity (Wildman–Crippen MR) is 60.6 cm³/mol. The molecule has 2 rings (SSSR count). The number of nitriles is 1. The quantitative estimate of drug-likeness (QED) is 0.726. The molecule has 16 heavy (non-hydrogen) atoms. The highest BCUT2D eigenvalue weighted by molar-refractivity contribution is 5.65. The zero-order chi connectivity index (χ0) is 11.7. The number of hydrogen-bond acceptors (Lipinski definition) is 3. The SMILES string of the molecule is Cc1nn(C)c(C)c1-c1ccc(C#N)cn1. The number of aryl methyl sites for hydroxylation is 2. The van der Waals surface area contributed by atoms with Gasteiger partial charge in [0.1, 0.15) is 6.07 Å². The summed E-state index contributed by atoms with van der Waals surface area (Å²) in [6.07, 6.45) is 1.58. The Balaban J connectivity index is 2.55. The molecule has 0 aliphatic carbocycles. The molecule has 2 heterocycles. The molecule has 2 aromatic rings. The normalized spacial score (nSPS) is 10.1. The van der Waals surface area contributed by atoms with Gasteiger partial charge in [0.25, 0.3) is 0 Å². The minimum Gasteiger partial charge on any atom is -0.272 e. The summed E-state index contributed by atoms with van der Waals surface area (Å²) in [5.74, 6) is 0. The van der Waals surface area contributed by atoms with Crippen molar-refractivity contribution in [2.75, 3.05) is 0 Å². The molecule has 0 amide bonds. The van der Waals surface area contributed by atoms with Crippen molar-refractivity contribution in [2.45, 2.75) is 13.8 Å². The van der Waals surface area contributed by atoms with Crippen LogP contribution in [0.1, 0.15) is 17.0 Å². The molecule has 0 unspecified atom stereocenters. The molecule has 80 valence electrons. The van der Waals surface area contributed by atoms with Gasteiger partial charge >= 0.3 is 0 Å². The van der Waals surface area contributed by atoms with E-state index in [-0.39, 0.29) is 0 Å². The molecule has 0 aliphatic rings. The second kappa shape index (κ2) is 3.78. The van der Waals surface area contributed by atoms with Crippen LogP contribution < -0.4 is 0 Å². The van der Waals surface area contributed by atoms with Crippen LogP contribution >= 0.6 is 0 Å². The van der Waals surface area contributed by atoms with Gasteiger partial charge < -0.3 is 0 Å². The maximum absolute atomic E-state index is 8.71. The number of pyridine rings is 1. The summed E-state index contributed by atoms with van der Waals surface area (Å²) in [4.78, 5) is 4.28. The summed E-state index contributed by atoms with van der Waals surface area (Å²) >= 11 is 0. The van der Waals surface area contributed by atoms with Crippen molar-refractivity contribution in [3.05, 3.63) is 35.3 Å². The third kappa shape index (κ3) is 1.57. The van der Waals surface area contributed by atoms with Gasteiger partial charge in [-0.3, -0.25) is 9.67 Å². The van der Waals surface area contributed by atoms with Crippen LogP contribution in [0.3, 0.4) is 0 Å². The number of aromatic nitrogens is 3. The van der Waals surface area contributed by atoms with Gasteiger partial charge in [-0.1, -0.05) is 0 Å². The maximum atomic E-state index is 8.71. The van der Waals surface area contributed by atoms with Crippen LogP contribution in [-0.2, 0) is 7.05 Å². The fourth-order valence-corrected chi connectivity index (χ4v) is 1.75. The molecule has 4 heteroatoms. The molecule has 0 saturated heterocycles. The van der Waals surface area contributed by atoms with E-state index < -0.39 is 0 Å². The van der Waals surface area contributed by atoms with E-state index in [0.717, 1.165) is 22.6 Å². The van der Waals surface area contributed by atoms with Crippen molar-refractivity contribution < 1.29 is 0 Å². The first kappa shape index (κ1) is 10.4. The lowest BCUT2D eigenvalue weighted by Crippen LogP contribution is -1.93. The molecule has 4 nitrogen and oxygen atoms in total. The fraction of sp³-hybridized carbons (Fsp3) is 0.250. The van der Waals surface area contributed by atoms with E-state index >= 15 is 0 Å². The molecule has 0 N–H and O–H groups in total. The Morgan fingerprint density at radius 3 is 2.50 bits per heavy atom. The topological polar surface area (TPSA) is 54.5 Å². The monoisotopic (exact) mass is 212 g/mol. The lowest BCUT2D eigenvalue weighted by atomic mass is 10.1. The molecule has 0 fully saturated rings. The van der Waals surface area contributed by atoms with E-state index in [0.29, 0.717) is 5.56 Å². The molecule has 0 atom stereocenters. The molecular formula is C12H12N4. The summed E-state index contributed by atoms with van der Waals surface area (Å²) in [7, 11) is 1.91. The van der Waals surface area contributed by atoms with Gasteiger partial charge in [0, 0.05) is 24.5 Å². The van der Waals surface area contributed by atoms with Gasteiger partial charge in [0.2, 0.25) is 0 Å². The molecule has 0 bridgehead atoms. The van der Waals surface area contributed by atoms with E-state index in [9.17, 15) is 0 Å². The lowest BCUT2D eigenvalue weighted by Gasteiger charge is -2.00. The van der Waals surface area contributed by atoms with Crippen molar-refractivity contribution in [1.82, 2.24) is 14.8 Å². The lowest BCUT2D eigenvalue weighted by molar-refractivity contribution is 0.731. The van der Waals surface area contributed by atoms with Crippen molar-refractivity contribution in [1.29, 1.82) is 5.26 Å². The highest BCUT2D eigenvalue weighted by atomic mass is 15.3. The largest absolute Gasteiger partial charge is 0.272 e. The second-order valence-electron chi connectivity index (χ2n) is 3.71. The van der Waals surface area contributed by atoms with Crippen LogP contribution in [0.15, 0.2) is 18.3 Å². The average molecular weight is 212 g/mol. The van der Waals surface area contributed by atoms with Crippen LogP contribution in [0.2, 0.25) is 0 Å².